The molecule has 1 N–H and O–H groups in total. The lowest BCUT2D eigenvalue weighted by Gasteiger charge is -2.34. The molecule has 1 fully saturated rings. The van der Waals surface area contributed by atoms with Gasteiger partial charge in [-0.3, -0.25) is 4.90 Å². The first-order chi connectivity index (χ1) is 12.2. The predicted molar refractivity (Wildman–Crippen MR) is 104 cm³/mol. The molecule has 1 aromatic heterocycles. The monoisotopic (exact) mass is 338 g/mol. The van der Waals surface area contributed by atoms with Gasteiger partial charge in [-0.15, -0.1) is 0 Å². The van der Waals surface area contributed by atoms with Gasteiger partial charge in [0.15, 0.2) is 0 Å². The minimum absolute atomic E-state index is 0.486. The molecule has 25 heavy (non-hydrogen) atoms. The fourth-order valence-electron chi connectivity index (χ4n) is 4.49. The normalized spacial score (nSPS) is 20.7. The Hall–Kier alpha value is -1.81. The number of hydrogen-bond acceptors (Lipinski definition) is 3. The summed E-state index contributed by atoms with van der Waals surface area (Å²) in [7, 11) is 0. The van der Waals surface area contributed by atoms with Crippen LogP contribution in [-0.4, -0.2) is 34.3 Å². The Bertz CT molecular complexity index is 746. The van der Waals surface area contributed by atoms with E-state index in [9.17, 15) is 0 Å². The van der Waals surface area contributed by atoms with E-state index >= 15 is 0 Å². The second-order valence-electron chi connectivity index (χ2n) is 7.65. The van der Waals surface area contributed by atoms with E-state index in [4.69, 9.17) is 5.10 Å². The van der Waals surface area contributed by atoms with Crippen molar-refractivity contribution in [1.29, 1.82) is 0 Å². The lowest BCUT2D eigenvalue weighted by molar-refractivity contribution is 0.153. The predicted octanol–water partition coefficient (Wildman–Crippen LogP) is 4.51. The molecule has 134 valence electrons. The zero-order chi connectivity index (χ0) is 17.4. The fraction of sp³-hybridized carbons (Fsp3) is 0.571. The van der Waals surface area contributed by atoms with Gasteiger partial charge in [-0.05, 0) is 49.9 Å². The molecule has 0 amide bonds. The Balaban J connectivity index is 1.81. The highest BCUT2D eigenvalue weighted by atomic mass is 15.4. The number of aromatic nitrogens is 2. The number of para-hydroxylation sites is 1. The molecule has 1 saturated heterocycles. The molecule has 3 heterocycles. The average Bonchev–Trinajstić information content (AvgIpc) is 3.24. The van der Waals surface area contributed by atoms with Crippen LogP contribution in [0.1, 0.15) is 68.8 Å². The van der Waals surface area contributed by atoms with E-state index in [2.05, 4.69) is 59.9 Å². The summed E-state index contributed by atoms with van der Waals surface area (Å²) < 4.78 is 2.19. The molecular formula is C21H30N4. The molecule has 0 radical (unpaired) electrons. The molecule has 2 aromatic rings. The molecule has 0 bridgehead atoms. The van der Waals surface area contributed by atoms with Crippen LogP contribution in [0, 0.1) is 0 Å². The van der Waals surface area contributed by atoms with Crippen LogP contribution in [0.25, 0.3) is 5.69 Å². The highest BCUT2D eigenvalue weighted by Crippen LogP contribution is 2.38. The summed E-state index contributed by atoms with van der Waals surface area (Å²) in [6.07, 6.45) is 4.98. The number of fused-ring (bicyclic) bond motifs is 1. The maximum atomic E-state index is 5.18. The summed E-state index contributed by atoms with van der Waals surface area (Å²) >= 11 is 0. The first-order valence-corrected chi connectivity index (χ1v) is 9.89. The highest BCUT2D eigenvalue weighted by Gasteiger charge is 2.32. The van der Waals surface area contributed by atoms with E-state index in [1.807, 2.05) is 0 Å². The fourth-order valence-corrected chi connectivity index (χ4v) is 4.49. The van der Waals surface area contributed by atoms with Crippen LogP contribution in [-0.2, 0) is 6.42 Å². The van der Waals surface area contributed by atoms with E-state index in [1.54, 1.807) is 0 Å². The van der Waals surface area contributed by atoms with Crippen LogP contribution in [0.3, 0.4) is 0 Å². The van der Waals surface area contributed by atoms with Crippen molar-refractivity contribution in [2.75, 3.05) is 25.0 Å². The Morgan fingerprint density at radius 1 is 1.24 bits per heavy atom. The van der Waals surface area contributed by atoms with Crippen LogP contribution in [0.2, 0.25) is 0 Å². The number of piperidine rings is 1. The van der Waals surface area contributed by atoms with Crippen molar-refractivity contribution in [3.63, 3.8) is 0 Å². The van der Waals surface area contributed by atoms with E-state index in [0.717, 1.165) is 19.5 Å². The molecule has 0 spiro atoms. The Morgan fingerprint density at radius 2 is 2.08 bits per heavy atom. The van der Waals surface area contributed by atoms with Crippen molar-refractivity contribution in [2.45, 2.75) is 58.4 Å². The van der Waals surface area contributed by atoms with Crippen LogP contribution in [0.4, 0.5) is 5.82 Å². The third kappa shape index (κ3) is 2.86. The summed E-state index contributed by atoms with van der Waals surface area (Å²) in [5.41, 5.74) is 5.36. The van der Waals surface area contributed by atoms with Gasteiger partial charge in [-0.2, -0.15) is 5.10 Å². The third-order valence-corrected chi connectivity index (χ3v) is 5.80. The lowest BCUT2D eigenvalue weighted by atomic mass is 9.96. The van der Waals surface area contributed by atoms with Gasteiger partial charge in [0, 0.05) is 12.1 Å². The van der Waals surface area contributed by atoms with Crippen molar-refractivity contribution in [3.05, 3.63) is 41.1 Å². The third-order valence-electron chi connectivity index (χ3n) is 5.80. The molecule has 0 saturated carbocycles. The van der Waals surface area contributed by atoms with Gasteiger partial charge in [-0.1, -0.05) is 45.4 Å². The van der Waals surface area contributed by atoms with Crippen LogP contribution >= 0.6 is 0 Å². The van der Waals surface area contributed by atoms with Gasteiger partial charge in [0.05, 0.1) is 17.4 Å². The first-order valence-electron chi connectivity index (χ1n) is 9.89. The Kier molecular flexibility index (Phi) is 4.55. The molecule has 2 aliphatic heterocycles. The van der Waals surface area contributed by atoms with Gasteiger partial charge >= 0.3 is 0 Å². The van der Waals surface area contributed by atoms with Crippen molar-refractivity contribution in [1.82, 2.24) is 14.7 Å². The Morgan fingerprint density at radius 3 is 2.88 bits per heavy atom. The number of benzene rings is 1. The summed E-state index contributed by atoms with van der Waals surface area (Å²) in [6.45, 7) is 10.2. The summed E-state index contributed by atoms with van der Waals surface area (Å²) in [5.74, 6) is 1.72. The topological polar surface area (TPSA) is 33.1 Å². The summed E-state index contributed by atoms with van der Waals surface area (Å²) in [4.78, 5) is 2.61. The number of likely N-dealkylation sites (tertiary alicyclic amines) is 1. The van der Waals surface area contributed by atoms with Crippen molar-refractivity contribution < 1.29 is 0 Å². The van der Waals surface area contributed by atoms with E-state index in [-0.39, 0.29) is 0 Å². The molecule has 1 unspecified atom stereocenters. The standard InChI is InChI=1S/C21H30N4/c1-4-24-14-8-7-11-19(24)20-17-12-13-22-21(17)25(23-20)18-10-6-5-9-16(18)15(2)3/h5-6,9-10,15,19,22H,4,7-8,11-14H2,1-3H3. The van der Waals surface area contributed by atoms with Crippen LogP contribution < -0.4 is 5.32 Å². The SMILES string of the molecule is CCN1CCCCC1c1nn(-c2ccccc2C(C)C)c2c1CCN2. The second kappa shape index (κ2) is 6.83. The average molecular weight is 338 g/mol. The van der Waals surface area contributed by atoms with Gasteiger partial charge < -0.3 is 5.32 Å². The van der Waals surface area contributed by atoms with E-state index < -0.39 is 0 Å². The van der Waals surface area contributed by atoms with Crippen molar-refractivity contribution >= 4 is 5.82 Å². The van der Waals surface area contributed by atoms with Crippen molar-refractivity contribution in [3.8, 4) is 5.69 Å². The van der Waals surface area contributed by atoms with Gasteiger partial charge in [-0.25, -0.2) is 4.68 Å². The van der Waals surface area contributed by atoms with Gasteiger partial charge in [0.1, 0.15) is 5.82 Å². The molecule has 4 heteroatoms. The minimum atomic E-state index is 0.486. The van der Waals surface area contributed by atoms with Gasteiger partial charge in [0.25, 0.3) is 0 Å². The molecule has 1 atom stereocenters. The molecule has 0 aliphatic carbocycles. The van der Waals surface area contributed by atoms with Crippen LogP contribution in [0.15, 0.2) is 24.3 Å². The maximum absolute atomic E-state index is 5.18. The molecule has 4 nitrogen and oxygen atoms in total. The number of hydrogen-bond donors (Lipinski definition) is 1. The van der Waals surface area contributed by atoms with Crippen molar-refractivity contribution in [2.24, 2.45) is 0 Å². The lowest BCUT2D eigenvalue weighted by Crippen LogP contribution is -2.34. The molecule has 4 rings (SSSR count). The molecular weight excluding hydrogens is 308 g/mol. The first kappa shape index (κ1) is 16.6. The van der Waals surface area contributed by atoms with Crippen LogP contribution in [0.5, 0.6) is 0 Å². The minimum Gasteiger partial charge on any atom is -0.369 e. The molecule has 1 aromatic carbocycles. The van der Waals surface area contributed by atoms with Gasteiger partial charge in [0.2, 0.25) is 0 Å². The number of anilines is 1. The summed E-state index contributed by atoms with van der Waals surface area (Å²) in [6, 6.07) is 9.20. The van der Waals surface area contributed by atoms with E-state index in [0.29, 0.717) is 12.0 Å². The summed E-state index contributed by atoms with van der Waals surface area (Å²) in [5, 5.41) is 8.79. The second-order valence-corrected chi connectivity index (χ2v) is 7.65. The quantitative estimate of drug-likeness (QED) is 0.890. The largest absolute Gasteiger partial charge is 0.369 e. The smallest absolute Gasteiger partial charge is 0.133 e. The van der Waals surface area contributed by atoms with E-state index in [1.165, 1.54) is 54.1 Å². The number of nitrogens with one attached hydrogen (secondary N) is 1. The molecule has 2 aliphatic rings. The number of nitrogens with zero attached hydrogens (tertiary/aromatic N) is 3. The Labute approximate surface area is 151 Å². The maximum Gasteiger partial charge on any atom is 0.133 e. The number of rotatable bonds is 4. The zero-order valence-electron chi connectivity index (χ0n) is 15.8. The zero-order valence-corrected chi connectivity index (χ0v) is 15.8. The highest BCUT2D eigenvalue weighted by molar-refractivity contribution is 5.59.